The van der Waals surface area contributed by atoms with E-state index >= 15 is 0 Å². The molecule has 0 aromatic carbocycles. The van der Waals surface area contributed by atoms with Gasteiger partial charge in [-0.2, -0.15) is 0 Å². The van der Waals surface area contributed by atoms with Crippen molar-refractivity contribution >= 4 is 17.3 Å². The summed E-state index contributed by atoms with van der Waals surface area (Å²) in [6.07, 6.45) is 7.63. The summed E-state index contributed by atoms with van der Waals surface area (Å²) in [5.74, 6) is -0.687. The van der Waals surface area contributed by atoms with E-state index in [1.165, 1.54) is 11.3 Å². The molecular weight excluding hydrogens is 248 g/mol. The van der Waals surface area contributed by atoms with Crippen LogP contribution >= 0.6 is 11.3 Å². The van der Waals surface area contributed by atoms with Crippen molar-refractivity contribution in [3.05, 3.63) is 16.6 Å². The molecule has 1 saturated carbocycles. The summed E-state index contributed by atoms with van der Waals surface area (Å²) in [6.45, 7) is 0.804. The van der Waals surface area contributed by atoms with Gasteiger partial charge in [-0.25, -0.2) is 0 Å². The maximum Gasteiger partial charge on any atom is 0.305 e. The minimum atomic E-state index is -0.687. The van der Waals surface area contributed by atoms with E-state index in [1.807, 2.05) is 18.8 Å². The molecule has 0 bridgehead atoms. The molecule has 0 unspecified atom stereocenters. The predicted octanol–water partition coefficient (Wildman–Crippen LogP) is 2.75. The van der Waals surface area contributed by atoms with E-state index in [2.05, 4.69) is 9.88 Å². The number of rotatable bonds is 5. The SMILES string of the molecule is CN(Cc1cncs1)C1(CC(=O)O)CCCCC1. The number of carboxylic acids is 1. The third kappa shape index (κ3) is 3.09. The maximum atomic E-state index is 11.1. The van der Waals surface area contributed by atoms with E-state index in [0.717, 1.165) is 32.2 Å². The fourth-order valence-corrected chi connectivity index (χ4v) is 3.55. The van der Waals surface area contributed by atoms with Crippen molar-refractivity contribution in [1.82, 2.24) is 9.88 Å². The molecule has 1 aliphatic carbocycles. The lowest BCUT2D eigenvalue weighted by Gasteiger charge is -2.43. The van der Waals surface area contributed by atoms with Gasteiger partial charge in [0.05, 0.1) is 11.9 Å². The largest absolute Gasteiger partial charge is 0.481 e. The minimum absolute atomic E-state index is 0.159. The Hall–Kier alpha value is -0.940. The summed E-state index contributed by atoms with van der Waals surface area (Å²) in [5.41, 5.74) is 1.67. The highest BCUT2D eigenvalue weighted by atomic mass is 32.1. The van der Waals surface area contributed by atoms with Gasteiger partial charge < -0.3 is 5.11 Å². The van der Waals surface area contributed by atoms with E-state index in [0.29, 0.717) is 0 Å². The first-order chi connectivity index (χ1) is 8.62. The maximum absolute atomic E-state index is 11.1. The first-order valence-corrected chi connectivity index (χ1v) is 7.31. The Morgan fingerprint density at radius 3 is 2.78 bits per heavy atom. The molecule has 0 spiro atoms. The van der Waals surface area contributed by atoms with Crippen LogP contribution in [-0.2, 0) is 11.3 Å². The van der Waals surface area contributed by atoms with Crippen LogP contribution in [-0.4, -0.2) is 33.5 Å². The molecule has 0 atom stereocenters. The van der Waals surface area contributed by atoms with Crippen LogP contribution in [0, 0.1) is 0 Å². The monoisotopic (exact) mass is 268 g/mol. The van der Waals surface area contributed by atoms with Crippen molar-refractivity contribution < 1.29 is 9.90 Å². The number of nitrogens with zero attached hydrogens (tertiary/aromatic N) is 2. The summed E-state index contributed by atoms with van der Waals surface area (Å²) in [5, 5.41) is 9.17. The summed E-state index contributed by atoms with van der Waals surface area (Å²) in [6, 6.07) is 0. The van der Waals surface area contributed by atoms with Crippen LogP contribution in [0.25, 0.3) is 0 Å². The van der Waals surface area contributed by atoms with Gasteiger partial charge >= 0.3 is 5.97 Å². The lowest BCUT2D eigenvalue weighted by molar-refractivity contribution is -0.141. The van der Waals surface area contributed by atoms with Crippen LogP contribution in [0.4, 0.5) is 0 Å². The summed E-state index contributed by atoms with van der Waals surface area (Å²) >= 11 is 1.63. The zero-order valence-electron chi connectivity index (χ0n) is 10.8. The standard InChI is InChI=1S/C13H20N2O2S/c1-15(9-11-8-14-10-18-11)13(7-12(16)17)5-3-2-4-6-13/h8,10H,2-7,9H2,1H3,(H,16,17). The van der Waals surface area contributed by atoms with Gasteiger partial charge in [0.1, 0.15) is 0 Å². The Morgan fingerprint density at radius 1 is 1.50 bits per heavy atom. The van der Waals surface area contributed by atoms with Crippen molar-refractivity contribution in [2.45, 2.75) is 50.6 Å². The molecule has 0 saturated heterocycles. The van der Waals surface area contributed by atoms with E-state index in [-0.39, 0.29) is 12.0 Å². The molecule has 0 amide bonds. The predicted molar refractivity (Wildman–Crippen MR) is 71.6 cm³/mol. The number of carboxylic acid groups (broad SMARTS) is 1. The van der Waals surface area contributed by atoms with Crippen LogP contribution in [0.2, 0.25) is 0 Å². The Kier molecular flexibility index (Phi) is 4.35. The van der Waals surface area contributed by atoms with Crippen molar-refractivity contribution in [1.29, 1.82) is 0 Å². The van der Waals surface area contributed by atoms with Gasteiger partial charge in [-0.1, -0.05) is 19.3 Å². The average molecular weight is 268 g/mol. The summed E-state index contributed by atoms with van der Waals surface area (Å²) < 4.78 is 0. The molecular formula is C13H20N2O2S. The zero-order chi connectivity index (χ0) is 13.0. The van der Waals surface area contributed by atoms with E-state index < -0.39 is 5.97 Å². The molecule has 0 aliphatic heterocycles. The fourth-order valence-electron chi connectivity index (χ4n) is 2.91. The van der Waals surface area contributed by atoms with Crippen molar-refractivity contribution in [2.24, 2.45) is 0 Å². The molecule has 1 fully saturated rings. The second kappa shape index (κ2) is 5.80. The third-order valence-electron chi connectivity index (χ3n) is 3.95. The fraction of sp³-hybridized carbons (Fsp3) is 0.692. The Morgan fingerprint density at radius 2 is 2.22 bits per heavy atom. The molecule has 1 aliphatic rings. The van der Waals surface area contributed by atoms with Gasteiger partial charge in [0.15, 0.2) is 0 Å². The smallest absolute Gasteiger partial charge is 0.305 e. The topological polar surface area (TPSA) is 53.4 Å². The average Bonchev–Trinajstić information content (AvgIpc) is 2.82. The normalized spacial score (nSPS) is 19.0. The quantitative estimate of drug-likeness (QED) is 0.892. The van der Waals surface area contributed by atoms with E-state index in [1.54, 1.807) is 11.3 Å². The second-order valence-corrected chi connectivity index (χ2v) is 6.15. The third-order valence-corrected chi connectivity index (χ3v) is 4.72. The van der Waals surface area contributed by atoms with Crippen LogP contribution in [0.1, 0.15) is 43.4 Å². The van der Waals surface area contributed by atoms with Gasteiger partial charge in [-0.05, 0) is 19.9 Å². The second-order valence-electron chi connectivity index (χ2n) is 5.18. The van der Waals surface area contributed by atoms with Crippen molar-refractivity contribution in [3.63, 3.8) is 0 Å². The Labute approximate surface area is 112 Å². The molecule has 1 aromatic heterocycles. The number of hydrogen-bond acceptors (Lipinski definition) is 4. The summed E-state index contributed by atoms with van der Waals surface area (Å²) in [4.78, 5) is 18.7. The molecule has 5 heteroatoms. The lowest BCUT2D eigenvalue weighted by atomic mass is 9.78. The molecule has 2 rings (SSSR count). The van der Waals surface area contributed by atoms with E-state index in [9.17, 15) is 4.79 Å². The van der Waals surface area contributed by atoms with Gasteiger partial charge in [0.25, 0.3) is 0 Å². The lowest BCUT2D eigenvalue weighted by Crippen LogP contribution is -2.48. The zero-order valence-corrected chi connectivity index (χ0v) is 11.6. The molecule has 4 nitrogen and oxygen atoms in total. The minimum Gasteiger partial charge on any atom is -0.481 e. The molecule has 18 heavy (non-hydrogen) atoms. The number of aliphatic carboxylic acids is 1. The summed E-state index contributed by atoms with van der Waals surface area (Å²) in [7, 11) is 2.05. The highest BCUT2D eigenvalue weighted by Crippen LogP contribution is 2.36. The van der Waals surface area contributed by atoms with E-state index in [4.69, 9.17) is 5.11 Å². The van der Waals surface area contributed by atoms with Crippen LogP contribution in [0.3, 0.4) is 0 Å². The van der Waals surface area contributed by atoms with Gasteiger partial charge in [0.2, 0.25) is 0 Å². The Balaban J connectivity index is 2.09. The number of aromatic nitrogens is 1. The van der Waals surface area contributed by atoms with Crippen molar-refractivity contribution in [3.8, 4) is 0 Å². The molecule has 1 N–H and O–H groups in total. The van der Waals surface area contributed by atoms with Crippen LogP contribution < -0.4 is 0 Å². The molecule has 0 radical (unpaired) electrons. The number of thiazole rings is 1. The van der Waals surface area contributed by atoms with Crippen molar-refractivity contribution in [2.75, 3.05) is 7.05 Å². The molecule has 100 valence electrons. The Bertz CT molecular complexity index is 386. The highest BCUT2D eigenvalue weighted by Gasteiger charge is 2.38. The first-order valence-electron chi connectivity index (χ1n) is 6.43. The number of carbonyl (C=O) groups is 1. The molecule has 1 aromatic rings. The highest BCUT2D eigenvalue weighted by molar-refractivity contribution is 7.09. The van der Waals surface area contributed by atoms with Crippen LogP contribution in [0.5, 0.6) is 0 Å². The first kappa shape index (κ1) is 13.5. The van der Waals surface area contributed by atoms with Gasteiger partial charge in [-0.15, -0.1) is 11.3 Å². The number of hydrogen-bond donors (Lipinski definition) is 1. The van der Waals surface area contributed by atoms with Crippen LogP contribution in [0.15, 0.2) is 11.7 Å². The van der Waals surface area contributed by atoms with Gasteiger partial charge in [0, 0.05) is 23.2 Å². The van der Waals surface area contributed by atoms with Gasteiger partial charge in [-0.3, -0.25) is 14.7 Å². The molecule has 1 heterocycles.